The quantitative estimate of drug-likeness (QED) is 0.891. The molecule has 0 spiro atoms. The minimum Gasteiger partial charge on any atom is -0.354 e. The molecule has 1 amide bonds. The zero-order valence-electron chi connectivity index (χ0n) is 14.1. The second kappa shape index (κ2) is 6.79. The first-order chi connectivity index (χ1) is 11.8. The van der Waals surface area contributed by atoms with E-state index in [4.69, 9.17) is 0 Å². The second-order valence-electron chi connectivity index (χ2n) is 6.27. The number of hydrogen-bond donors (Lipinski definition) is 1. The Balaban J connectivity index is 1.68. The largest absolute Gasteiger partial charge is 0.354 e. The van der Waals surface area contributed by atoms with Gasteiger partial charge in [0.25, 0.3) is 5.91 Å². The van der Waals surface area contributed by atoms with Crippen LogP contribution in [0.25, 0.3) is 0 Å². The third kappa shape index (κ3) is 4.14. The number of anilines is 2. The molecule has 1 aromatic carbocycles. The standard InChI is InChI=1S/C17H20N4O3S/c1-12-4-3-5-13(10-12)18-17(22)15-6-7-16(20-19-15)21(2)14-8-9-25(23,24)11-14/h3-7,10,14H,8-9,11H2,1-2H3,(H,18,22). The summed E-state index contributed by atoms with van der Waals surface area (Å²) in [7, 11) is -1.17. The summed E-state index contributed by atoms with van der Waals surface area (Å²) in [6, 6.07) is 10.7. The molecular weight excluding hydrogens is 340 g/mol. The van der Waals surface area contributed by atoms with Crippen molar-refractivity contribution < 1.29 is 13.2 Å². The van der Waals surface area contributed by atoms with Crippen LogP contribution in [0.1, 0.15) is 22.5 Å². The number of amides is 1. The molecule has 1 aliphatic rings. The second-order valence-corrected chi connectivity index (χ2v) is 8.50. The van der Waals surface area contributed by atoms with E-state index in [2.05, 4.69) is 15.5 Å². The summed E-state index contributed by atoms with van der Waals surface area (Å²) in [5.41, 5.74) is 1.95. The SMILES string of the molecule is Cc1cccc(NC(=O)c2ccc(N(C)C3CCS(=O)(=O)C3)nn2)c1. The summed E-state index contributed by atoms with van der Waals surface area (Å²) in [5.74, 6) is 0.539. The van der Waals surface area contributed by atoms with Crippen LogP contribution in [0.4, 0.5) is 11.5 Å². The summed E-state index contributed by atoms with van der Waals surface area (Å²) in [5, 5.41) is 10.8. The van der Waals surface area contributed by atoms with Crippen LogP contribution in [0, 0.1) is 6.92 Å². The number of nitrogens with zero attached hydrogens (tertiary/aromatic N) is 3. The lowest BCUT2D eigenvalue weighted by Crippen LogP contribution is -2.33. The Morgan fingerprint density at radius 3 is 2.64 bits per heavy atom. The minimum atomic E-state index is -2.96. The molecule has 1 fully saturated rings. The van der Waals surface area contributed by atoms with Crippen LogP contribution in [0.2, 0.25) is 0 Å². The molecule has 3 rings (SSSR count). The zero-order chi connectivity index (χ0) is 18.0. The molecule has 132 valence electrons. The van der Waals surface area contributed by atoms with Crippen molar-refractivity contribution in [3.63, 3.8) is 0 Å². The van der Waals surface area contributed by atoms with E-state index in [0.29, 0.717) is 17.9 Å². The number of hydrogen-bond acceptors (Lipinski definition) is 6. The van der Waals surface area contributed by atoms with E-state index >= 15 is 0 Å². The predicted molar refractivity (Wildman–Crippen MR) is 96.6 cm³/mol. The smallest absolute Gasteiger partial charge is 0.276 e. The van der Waals surface area contributed by atoms with Crippen LogP contribution in [0.3, 0.4) is 0 Å². The Labute approximate surface area is 147 Å². The molecule has 1 N–H and O–H groups in total. The van der Waals surface area contributed by atoms with Crippen molar-refractivity contribution in [3.05, 3.63) is 47.7 Å². The van der Waals surface area contributed by atoms with Crippen molar-refractivity contribution in [2.45, 2.75) is 19.4 Å². The molecule has 1 atom stereocenters. The monoisotopic (exact) mass is 360 g/mol. The summed E-state index contributed by atoms with van der Waals surface area (Å²) in [6.45, 7) is 1.95. The van der Waals surface area contributed by atoms with E-state index in [1.54, 1.807) is 30.1 Å². The van der Waals surface area contributed by atoms with Crippen LogP contribution in [-0.2, 0) is 9.84 Å². The zero-order valence-corrected chi connectivity index (χ0v) is 15.0. The van der Waals surface area contributed by atoms with Gasteiger partial charge in [-0.1, -0.05) is 12.1 Å². The first kappa shape index (κ1) is 17.3. The maximum Gasteiger partial charge on any atom is 0.276 e. The van der Waals surface area contributed by atoms with E-state index in [-0.39, 0.29) is 29.1 Å². The molecule has 2 aromatic rings. The fourth-order valence-electron chi connectivity index (χ4n) is 2.82. The molecule has 1 aliphatic heterocycles. The molecule has 25 heavy (non-hydrogen) atoms. The van der Waals surface area contributed by atoms with Gasteiger partial charge >= 0.3 is 0 Å². The van der Waals surface area contributed by atoms with Gasteiger partial charge in [0.1, 0.15) is 0 Å². The van der Waals surface area contributed by atoms with Crippen LogP contribution in [-0.4, -0.2) is 49.1 Å². The van der Waals surface area contributed by atoms with Gasteiger partial charge in [0.15, 0.2) is 21.3 Å². The average Bonchev–Trinajstić information content (AvgIpc) is 2.94. The van der Waals surface area contributed by atoms with Gasteiger partial charge in [-0.3, -0.25) is 4.79 Å². The number of carbonyl (C=O) groups is 1. The number of benzene rings is 1. The number of nitrogens with one attached hydrogen (secondary N) is 1. The van der Waals surface area contributed by atoms with Gasteiger partial charge in [-0.15, -0.1) is 10.2 Å². The van der Waals surface area contributed by atoms with Crippen molar-refractivity contribution in [3.8, 4) is 0 Å². The number of aryl methyl sites for hydroxylation is 1. The lowest BCUT2D eigenvalue weighted by molar-refractivity contribution is 0.102. The highest BCUT2D eigenvalue weighted by atomic mass is 32.2. The highest BCUT2D eigenvalue weighted by Crippen LogP contribution is 2.21. The van der Waals surface area contributed by atoms with Gasteiger partial charge in [-0.25, -0.2) is 8.42 Å². The Kier molecular flexibility index (Phi) is 4.71. The van der Waals surface area contributed by atoms with Crippen molar-refractivity contribution in [1.82, 2.24) is 10.2 Å². The van der Waals surface area contributed by atoms with Gasteiger partial charge in [-0.2, -0.15) is 0 Å². The van der Waals surface area contributed by atoms with Gasteiger partial charge in [-0.05, 0) is 43.2 Å². The molecule has 1 aromatic heterocycles. The first-order valence-electron chi connectivity index (χ1n) is 7.99. The van der Waals surface area contributed by atoms with E-state index in [1.165, 1.54) is 0 Å². The first-order valence-corrected chi connectivity index (χ1v) is 9.81. The third-order valence-electron chi connectivity index (χ3n) is 4.28. The fraction of sp³-hybridized carbons (Fsp3) is 0.353. The lowest BCUT2D eigenvalue weighted by Gasteiger charge is -2.23. The molecule has 7 nitrogen and oxygen atoms in total. The topological polar surface area (TPSA) is 92.3 Å². The maximum absolute atomic E-state index is 12.2. The molecule has 1 saturated heterocycles. The lowest BCUT2D eigenvalue weighted by atomic mass is 10.2. The summed E-state index contributed by atoms with van der Waals surface area (Å²) < 4.78 is 23.2. The molecule has 0 saturated carbocycles. The van der Waals surface area contributed by atoms with Crippen molar-refractivity contribution in [2.24, 2.45) is 0 Å². The number of rotatable bonds is 4. The average molecular weight is 360 g/mol. The van der Waals surface area contributed by atoms with Gasteiger partial charge < -0.3 is 10.2 Å². The van der Waals surface area contributed by atoms with Crippen LogP contribution < -0.4 is 10.2 Å². The maximum atomic E-state index is 12.2. The van der Waals surface area contributed by atoms with E-state index < -0.39 is 9.84 Å². The normalized spacial score (nSPS) is 18.7. The van der Waals surface area contributed by atoms with E-state index in [0.717, 1.165) is 5.56 Å². The van der Waals surface area contributed by atoms with E-state index in [9.17, 15) is 13.2 Å². The van der Waals surface area contributed by atoms with Crippen molar-refractivity contribution >= 4 is 27.2 Å². The van der Waals surface area contributed by atoms with Crippen molar-refractivity contribution in [1.29, 1.82) is 0 Å². The molecule has 0 bridgehead atoms. The third-order valence-corrected chi connectivity index (χ3v) is 6.03. The predicted octanol–water partition coefficient (Wildman–Crippen LogP) is 1.66. The minimum absolute atomic E-state index is 0.105. The summed E-state index contributed by atoms with van der Waals surface area (Å²) in [4.78, 5) is 14.0. The Morgan fingerprint density at radius 2 is 2.04 bits per heavy atom. The molecular formula is C17H20N4O3S. The van der Waals surface area contributed by atoms with Crippen molar-refractivity contribution in [2.75, 3.05) is 28.8 Å². The fourth-order valence-corrected chi connectivity index (χ4v) is 4.59. The van der Waals surface area contributed by atoms with Gasteiger partial charge in [0.05, 0.1) is 11.5 Å². The van der Waals surface area contributed by atoms with Gasteiger partial charge in [0, 0.05) is 18.8 Å². The van der Waals surface area contributed by atoms with Crippen LogP contribution >= 0.6 is 0 Å². The highest BCUT2D eigenvalue weighted by molar-refractivity contribution is 7.91. The Bertz CT molecular complexity index is 881. The molecule has 0 aliphatic carbocycles. The Morgan fingerprint density at radius 1 is 1.24 bits per heavy atom. The Hall–Kier alpha value is -2.48. The molecule has 8 heteroatoms. The summed E-state index contributed by atoms with van der Waals surface area (Å²) in [6.07, 6.45) is 0.579. The van der Waals surface area contributed by atoms with E-state index in [1.807, 2.05) is 25.1 Å². The number of sulfone groups is 1. The molecule has 0 radical (unpaired) electrons. The van der Waals surface area contributed by atoms with Crippen LogP contribution in [0.5, 0.6) is 0 Å². The highest BCUT2D eigenvalue weighted by Gasteiger charge is 2.31. The summed E-state index contributed by atoms with van der Waals surface area (Å²) >= 11 is 0. The number of carbonyl (C=O) groups excluding carboxylic acids is 1. The van der Waals surface area contributed by atoms with Crippen LogP contribution in [0.15, 0.2) is 36.4 Å². The molecule has 2 heterocycles. The van der Waals surface area contributed by atoms with Gasteiger partial charge in [0.2, 0.25) is 0 Å². The number of aromatic nitrogens is 2. The molecule has 1 unspecified atom stereocenters.